The number of hydrogen-bond acceptors (Lipinski definition) is 3. The van der Waals surface area contributed by atoms with E-state index in [0.717, 1.165) is 5.56 Å². The van der Waals surface area contributed by atoms with Crippen LogP contribution in [0.15, 0.2) is 46.2 Å². The first-order chi connectivity index (χ1) is 8.25. The normalized spacial score (nSPS) is 13.1. The van der Waals surface area contributed by atoms with Crippen LogP contribution in [0.25, 0.3) is 10.1 Å². The minimum atomic E-state index is -0.273. The molecule has 86 valence electrons. The van der Waals surface area contributed by atoms with Gasteiger partial charge in [-0.3, -0.25) is 0 Å². The van der Waals surface area contributed by atoms with E-state index in [9.17, 15) is 0 Å². The molecule has 3 rings (SSSR count). The van der Waals surface area contributed by atoms with Crippen LogP contribution in [-0.4, -0.2) is 0 Å². The van der Waals surface area contributed by atoms with Crippen LogP contribution in [0.1, 0.15) is 17.4 Å². The maximum atomic E-state index is 6.21. The Morgan fingerprint density at radius 1 is 1.18 bits per heavy atom. The zero-order chi connectivity index (χ0) is 11.8. The standard InChI is InChI=1S/C13H10ClNOS/c14-11-5-4-10(16-11)12(15)9-3-1-2-8-6-7-17-13(8)9/h1-7,12H,15H2. The fourth-order valence-corrected chi connectivity index (χ4v) is 3.02. The highest BCUT2D eigenvalue weighted by molar-refractivity contribution is 7.17. The van der Waals surface area contributed by atoms with Gasteiger partial charge in [-0.15, -0.1) is 11.3 Å². The Hall–Kier alpha value is -1.29. The summed E-state index contributed by atoms with van der Waals surface area (Å²) in [6.45, 7) is 0. The maximum absolute atomic E-state index is 6.21. The lowest BCUT2D eigenvalue weighted by Crippen LogP contribution is -2.10. The highest BCUT2D eigenvalue weighted by atomic mass is 35.5. The molecule has 2 N–H and O–H groups in total. The fraction of sp³-hybridized carbons (Fsp3) is 0.0769. The number of rotatable bonds is 2. The molecule has 0 bridgehead atoms. The summed E-state index contributed by atoms with van der Waals surface area (Å²) in [5, 5.41) is 3.64. The molecule has 4 heteroatoms. The molecule has 1 atom stereocenters. The first-order valence-corrected chi connectivity index (χ1v) is 6.48. The Morgan fingerprint density at radius 3 is 2.82 bits per heavy atom. The summed E-state index contributed by atoms with van der Waals surface area (Å²) in [5.74, 6) is 0.691. The summed E-state index contributed by atoms with van der Waals surface area (Å²) in [7, 11) is 0. The fourth-order valence-electron chi connectivity index (χ4n) is 1.91. The van der Waals surface area contributed by atoms with Gasteiger partial charge in [-0.1, -0.05) is 18.2 Å². The Kier molecular flexibility index (Phi) is 2.67. The van der Waals surface area contributed by atoms with E-state index >= 15 is 0 Å². The molecular weight excluding hydrogens is 254 g/mol. The second-order valence-electron chi connectivity index (χ2n) is 3.81. The Labute approximate surface area is 108 Å². The predicted octanol–water partition coefficient (Wildman–Crippen LogP) is 4.20. The van der Waals surface area contributed by atoms with E-state index in [2.05, 4.69) is 17.5 Å². The molecule has 0 aliphatic rings. The van der Waals surface area contributed by atoms with Crippen LogP contribution < -0.4 is 5.73 Å². The second-order valence-corrected chi connectivity index (χ2v) is 5.09. The van der Waals surface area contributed by atoms with Gasteiger partial charge >= 0.3 is 0 Å². The molecule has 3 aromatic rings. The highest BCUT2D eigenvalue weighted by Gasteiger charge is 2.16. The summed E-state index contributed by atoms with van der Waals surface area (Å²) in [4.78, 5) is 0. The zero-order valence-corrected chi connectivity index (χ0v) is 10.5. The van der Waals surface area contributed by atoms with E-state index in [4.69, 9.17) is 21.8 Å². The lowest BCUT2D eigenvalue weighted by molar-refractivity contribution is 0.492. The van der Waals surface area contributed by atoms with Gasteiger partial charge in [-0.05, 0) is 46.1 Å². The van der Waals surface area contributed by atoms with Crippen molar-refractivity contribution >= 4 is 33.0 Å². The van der Waals surface area contributed by atoms with Gasteiger partial charge in [0.15, 0.2) is 5.22 Å². The third kappa shape index (κ3) is 1.86. The molecule has 0 amide bonds. The van der Waals surface area contributed by atoms with Crippen molar-refractivity contribution in [3.8, 4) is 0 Å². The molecule has 0 spiro atoms. The topological polar surface area (TPSA) is 39.2 Å². The van der Waals surface area contributed by atoms with Gasteiger partial charge in [0, 0.05) is 4.70 Å². The van der Waals surface area contributed by atoms with E-state index in [0.29, 0.717) is 11.0 Å². The molecule has 2 heterocycles. The molecule has 17 heavy (non-hydrogen) atoms. The number of nitrogens with two attached hydrogens (primary N) is 1. The van der Waals surface area contributed by atoms with Gasteiger partial charge in [0.1, 0.15) is 5.76 Å². The Morgan fingerprint density at radius 2 is 2.06 bits per heavy atom. The minimum absolute atomic E-state index is 0.273. The average molecular weight is 264 g/mol. The molecule has 1 aromatic carbocycles. The van der Waals surface area contributed by atoms with Crippen molar-refractivity contribution in [1.29, 1.82) is 0 Å². The van der Waals surface area contributed by atoms with E-state index in [1.165, 1.54) is 10.1 Å². The van der Waals surface area contributed by atoms with Crippen molar-refractivity contribution in [3.63, 3.8) is 0 Å². The summed E-state index contributed by atoms with van der Waals surface area (Å²) in [5.41, 5.74) is 7.28. The van der Waals surface area contributed by atoms with Gasteiger partial charge in [-0.2, -0.15) is 0 Å². The minimum Gasteiger partial charge on any atom is -0.448 e. The Bertz CT molecular complexity index is 658. The van der Waals surface area contributed by atoms with Crippen molar-refractivity contribution in [2.45, 2.75) is 6.04 Å². The van der Waals surface area contributed by atoms with Crippen molar-refractivity contribution in [2.75, 3.05) is 0 Å². The second kappa shape index (κ2) is 4.18. The van der Waals surface area contributed by atoms with Crippen LogP contribution in [0.2, 0.25) is 5.22 Å². The molecule has 0 saturated heterocycles. The molecular formula is C13H10ClNOS. The lowest BCUT2D eigenvalue weighted by Gasteiger charge is -2.10. The molecule has 2 aromatic heterocycles. The van der Waals surface area contributed by atoms with E-state index in [1.807, 2.05) is 18.2 Å². The number of benzene rings is 1. The van der Waals surface area contributed by atoms with E-state index < -0.39 is 0 Å². The van der Waals surface area contributed by atoms with Crippen molar-refractivity contribution < 1.29 is 4.42 Å². The third-order valence-electron chi connectivity index (χ3n) is 2.75. The third-order valence-corrected chi connectivity index (χ3v) is 3.93. The lowest BCUT2D eigenvalue weighted by atomic mass is 10.0. The molecule has 0 radical (unpaired) electrons. The van der Waals surface area contributed by atoms with E-state index in [-0.39, 0.29) is 6.04 Å². The predicted molar refractivity (Wildman–Crippen MR) is 71.6 cm³/mol. The summed E-state index contributed by atoms with van der Waals surface area (Å²) < 4.78 is 6.57. The molecule has 0 aliphatic carbocycles. The molecule has 1 unspecified atom stereocenters. The van der Waals surface area contributed by atoms with Crippen molar-refractivity contribution in [2.24, 2.45) is 5.73 Å². The quantitative estimate of drug-likeness (QED) is 0.753. The first kappa shape index (κ1) is 10.8. The largest absolute Gasteiger partial charge is 0.448 e. The smallest absolute Gasteiger partial charge is 0.193 e. The molecule has 2 nitrogen and oxygen atoms in total. The Balaban J connectivity index is 2.12. The van der Waals surface area contributed by atoms with Crippen LogP contribution in [-0.2, 0) is 0 Å². The van der Waals surface area contributed by atoms with Crippen LogP contribution in [0.4, 0.5) is 0 Å². The van der Waals surface area contributed by atoms with Crippen molar-refractivity contribution in [1.82, 2.24) is 0 Å². The number of thiophene rings is 1. The van der Waals surface area contributed by atoms with Gasteiger partial charge < -0.3 is 10.2 Å². The molecule has 0 fully saturated rings. The summed E-state index contributed by atoms with van der Waals surface area (Å²) >= 11 is 7.46. The average Bonchev–Trinajstić information content (AvgIpc) is 2.95. The van der Waals surface area contributed by atoms with Gasteiger partial charge in [-0.25, -0.2) is 0 Å². The zero-order valence-electron chi connectivity index (χ0n) is 8.89. The number of fused-ring (bicyclic) bond motifs is 1. The van der Waals surface area contributed by atoms with Gasteiger partial charge in [0.2, 0.25) is 0 Å². The van der Waals surface area contributed by atoms with Crippen LogP contribution in [0, 0.1) is 0 Å². The highest BCUT2D eigenvalue weighted by Crippen LogP contribution is 2.32. The van der Waals surface area contributed by atoms with Crippen LogP contribution in [0.5, 0.6) is 0 Å². The monoisotopic (exact) mass is 263 g/mol. The first-order valence-electron chi connectivity index (χ1n) is 5.22. The SMILES string of the molecule is NC(c1ccc(Cl)o1)c1cccc2ccsc12. The number of furan rings is 1. The van der Waals surface area contributed by atoms with Gasteiger partial charge in [0.05, 0.1) is 6.04 Å². The van der Waals surface area contributed by atoms with Gasteiger partial charge in [0.25, 0.3) is 0 Å². The molecule has 0 saturated carbocycles. The van der Waals surface area contributed by atoms with Crippen molar-refractivity contribution in [3.05, 3.63) is 58.3 Å². The maximum Gasteiger partial charge on any atom is 0.193 e. The number of hydrogen-bond donors (Lipinski definition) is 1. The summed E-state index contributed by atoms with van der Waals surface area (Å²) in [6.07, 6.45) is 0. The summed E-state index contributed by atoms with van der Waals surface area (Å²) in [6, 6.07) is 11.5. The van der Waals surface area contributed by atoms with Crippen LogP contribution in [0.3, 0.4) is 0 Å². The van der Waals surface area contributed by atoms with Crippen LogP contribution >= 0.6 is 22.9 Å². The molecule has 0 aliphatic heterocycles. The van der Waals surface area contributed by atoms with E-state index in [1.54, 1.807) is 17.4 Å². The number of halogens is 1.